The molecule has 0 atom stereocenters. The summed E-state index contributed by atoms with van der Waals surface area (Å²) in [6, 6.07) is 6.46. The summed E-state index contributed by atoms with van der Waals surface area (Å²) in [7, 11) is 0. The van der Waals surface area contributed by atoms with E-state index in [1.807, 2.05) is 0 Å². The predicted octanol–water partition coefficient (Wildman–Crippen LogP) is 4.25. The van der Waals surface area contributed by atoms with Gasteiger partial charge in [-0.15, -0.1) is 0 Å². The molecule has 1 aromatic heterocycles. The molecule has 1 aromatic carbocycles. The minimum Gasteiger partial charge on any atom is -0.259 e. The number of rotatable bonds is 3. The molecule has 0 unspecified atom stereocenters. The Morgan fingerprint density at radius 2 is 1.86 bits per heavy atom. The smallest absolute Gasteiger partial charge is 0.259 e. The summed E-state index contributed by atoms with van der Waals surface area (Å²) in [4.78, 5) is 13.7. The van der Waals surface area contributed by atoms with Crippen molar-refractivity contribution in [1.29, 1.82) is 0 Å². The van der Waals surface area contributed by atoms with E-state index in [0.29, 0.717) is 11.8 Å². The Hall–Kier alpha value is -2.15. The molecule has 4 nitrogen and oxygen atoms in total. The summed E-state index contributed by atoms with van der Waals surface area (Å²) in [5.74, 6) is 0. The Kier molecular flexibility index (Phi) is 4.13. The normalized spacial score (nSPS) is 11.4. The molecule has 0 spiro atoms. The van der Waals surface area contributed by atoms with Crippen molar-refractivity contribution in [2.24, 2.45) is 0 Å². The molecule has 0 bridgehead atoms. The van der Waals surface area contributed by atoms with Crippen LogP contribution in [0.15, 0.2) is 36.5 Å². The van der Waals surface area contributed by atoms with E-state index in [-0.39, 0.29) is 22.8 Å². The number of alkyl halides is 3. The fourth-order valence-electron chi connectivity index (χ4n) is 1.68. The molecule has 0 N–H and O–H groups in total. The predicted molar refractivity (Wildman–Crippen MR) is 70.2 cm³/mol. The molecule has 0 saturated heterocycles. The van der Waals surface area contributed by atoms with Gasteiger partial charge in [0.05, 0.1) is 21.2 Å². The molecule has 1 heterocycles. The average molecular weight is 317 g/mol. The van der Waals surface area contributed by atoms with Gasteiger partial charge in [0.1, 0.15) is 0 Å². The number of benzene rings is 1. The van der Waals surface area contributed by atoms with E-state index in [1.54, 1.807) is 0 Å². The molecule has 0 fully saturated rings. The van der Waals surface area contributed by atoms with Crippen molar-refractivity contribution in [2.75, 3.05) is 0 Å². The fourth-order valence-corrected chi connectivity index (χ4v) is 1.91. The van der Waals surface area contributed by atoms with Crippen molar-refractivity contribution in [3.05, 3.63) is 68.5 Å². The number of hydrogen-bond acceptors (Lipinski definition) is 3. The Balaban J connectivity index is 2.22. The molecule has 0 saturated carbocycles. The van der Waals surface area contributed by atoms with E-state index >= 15 is 0 Å². The molecule has 2 rings (SSSR count). The van der Waals surface area contributed by atoms with Crippen molar-refractivity contribution >= 4 is 17.3 Å². The van der Waals surface area contributed by atoms with Crippen LogP contribution in [0.5, 0.6) is 0 Å². The van der Waals surface area contributed by atoms with Crippen LogP contribution in [0, 0.1) is 10.1 Å². The minimum atomic E-state index is -4.50. The van der Waals surface area contributed by atoms with Gasteiger partial charge in [-0.2, -0.15) is 13.2 Å². The Bertz CT molecular complexity index is 672. The van der Waals surface area contributed by atoms with Gasteiger partial charge in [0.25, 0.3) is 5.69 Å². The molecule has 2 aromatic rings. The largest absolute Gasteiger partial charge is 0.417 e. The molecular weight excluding hydrogens is 309 g/mol. The summed E-state index contributed by atoms with van der Waals surface area (Å²) in [6.07, 6.45) is -3.59. The van der Waals surface area contributed by atoms with Crippen LogP contribution in [0.2, 0.25) is 5.02 Å². The fraction of sp³-hybridized carbons (Fsp3) is 0.154. The molecule has 110 valence electrons. The number of nitrogens with zero attached hydrogens (tertiary/aromatic N) is 2. The average Bonchev–Trinajstić information content (AvgIpc) is 2.40. The third-order valence-corrected chi connectivity index (χ3v) is 3.09. The summed E-state index contributed by atoms with van der Waals surface area (Å²) >= 11 is 5.80. The zero-order valence-electron chi connectivity index (χ0n) is 10.4. The lowest BCUT2D eigenvalue weighted by molar-refractivity contribution is -0.384. The first-order chi connectivity index (χ1) is 9.77. The van der Waals surface area contributed by atoms with Crippen LogP contribution in [-0.4, -0.2) is 9.91 Å². The van der Waals surface area contributed by atoms with Crippen molar-refractivity contribution in [2.45, 2.75) is 12.6 Å². The Labute approximate surface area is 122 Å². The highest BCUT2D eigenvalue weighted by molar-refractivity contribution is 6.31. The van der Waals surface area contributed by atoms with Gasteiger partial charge in [0.15, 0.2) is 0 Å². The monoisotopic (exact) mass is 316 g/mol. The van der Waals surface area contributed by atoms with Gasteiger partial charge < -0.3 is 0 Å². The molecule has 21 heavy (non-hydrogen) atoms. The second kappa shape index (κ2) is 5.69. The topological polar surface area (TPSA) is 56.0 Å². The highest BCUT2D eigenvalue weighted by Gasteiger charge is 2.31. The molecule has 0 radical (unpaired) electrons. The van der Waals surface area contributed by atoms with Crippen molar-refractivity contribution in [1.82, 2.24) is 4.98 Å². The number of non-ortho nitro benzene ring substituents is 1. The van der Waals surface area contributed by atoms with Gasteiger partial charge in [0, 0.05) is 24.8 Å². The molecule has 0 aliphatic carbocycles. The maximum Gasteiger partial charge on any atom is 0.417 e. The van der Waals surface area contributed by atoms with Crippen LogP contribution in [0.3, 0.4) is 0 Å². The standard InChI is InChI=1S/C13H8ClF3N2O2/c14-11-6-9(13(15,16)17)7-18-12(11)5-8-1-3-10(4-2-8)19(20)21/h1-4,6-7H,5H2. The van der Waals surface area contributed by atoms with E-state index in [4.69, 9.17) is 11.6 Å². The third kappa shape index (κ3) is 3.69. The van der Waals surface area contributed by atoms with Crippen molar-refractivity contribution < 1.29 is 18.1 Å². The quantitative estimate of drug-likeness (QED) is 0.628. The lowest BCUT2D eigenvalue weighted by Crippen LogP contribution is -2.06. The first-order valence-electron chi connectivity index (χ1n) is 5.72. The lowest BCUT2D eigenvalue weighted by atomic mass is 10.1. The second-order valence-electron chi connectivity index (χ2n) is 4.25. The second-order valence-corrected chi connectivity index (χ2v) is 4.66. The van der Waals surface area contributed by atoms with Crippen molar-refractivity contribution in [3.8, 4) is 0 Å². The van der Waals surface area contributed by atoms with Crippen LogP contribution in [0.4, 0.5) is 18.9 Å². The number of nitro benzene ring substituents is 1. The van der Waals surface area contributed by atoms with Crippen LogP contribution in [0.25, 0.3) is 0 Å². The zero-order valence-corrected chi connectivity index (χ0v) is 11.1. The summed E-state index contributed by atoms with van der Waals surface area (Å²) < 4.78 is 37.5. The number of nitro groups is 1. The van der Waals surface area contributed by atoms with Gasteiger partial charge >= 0.3 is 6.18 Å². The Morgan fingerprint density at radius 3 is 2.33 bits per heavy atom. The summed E-state index contributed by atoms with van der Waals surface area (Å²) in [5, 5.41) is 10.4. The van der Waals surface area contributed by atoms with E-state index in [1.165, 1.54) is 24.3 Å². The van der Waals surface area contributed by atoms with Gasteiger partial charge in [-0.1, -0.05) is 23.7 Å². The van der Waals surface area contributed by atoms with Gasteiger partial charge in [-0.05, 0) is 11.6 Å². The maximum absolute atomic E-state index is 12.5. The van der Waals surface area contributed by atoms with E-state index in [9.17, 15) is 23.3 Å². The first-order valence-corrected chi connectivity index (χ1v) is 6.10. The lowest BCUT2D eigenvalue weighted by Gasteiger charge is -2.09. The zero-order chi connectivity index (χ0) is 15.6. The van der Waals surface area contributed by atoms with Crippen LogP contribution >= 0.6 is 11.6 Å². The molecular formula is C13H8ClF3N2O2. The van der Waals surface area contributed by atoms with E-state index in [0.717, 1.165) is 6.07 Å². The van der Waals surface area contributed by atoms with E-state index < -0.39 is 16.7 Å². The number of pyridine rings is 1. The molecule has 8 heteroatoms. The van der Waals surface area contributed by atoms with Gasteiger partial charge in [-0.25, -0.2) is 0 Å². The summed E-state index contributed by atoms with van der Waals surface area (Å²) in [6.45, 7) is 0. The highest BCUT2D eigenvalue weighted by atomic mass is 35.5. The molecule has 0 aliphatic heterocycles. The SMILES string of the molecule is O=[N+]([O-])c1ccc(Cc2ncc(C(F)(F)F)cc2Cl)cc1. The van der Waals surface area contributed by atoms with Crippen LogP contribution < -0.4 is 0 Å². The van der Waals surface area contributed by atoms with Crippen LogP contribution in [0.1, 0.15) is 16.8 Å². The maximum atomic E-state index is 12.5. The number of halogens is 4. The summed E-state index contributed by atoms with van der Waals surface area (Å²) in [5.41, 5.74) is -0.0431. The number of hydrogen-bond donors (Lipinski definition) is 0. The third-order valence-electron chi connectivity index (χ3n) is 2.76. The molecule has 0 aliphatic rings. The van der Waals surface area contributed by atoms with E-state index in [2.05, 4.69) is 4.98 Å². The first kappa shape index (κ1) is 15.2. The van der Waals surface area contributed by atoms with Crippen molar-refractivity contribution in [3.63, 3.8) is 0 Å². The van der Waals surface area contributed by atoms with Crippen LogP contribution in [-0.2, 0) is 12.6 Å². The number of aromatic nitrogens is 1. The van der Waals surface area contributed by atoms with Gasteiger partial charge in [0.2, 0.25) is 0 Å². The Morgan fingerprint density at radius 1 is 1.24 bits per heavy atom. The minimum absolute atomic E-state index is 0.0646. The molecule has 0 amide bonds. The highest BCUT2D eigenvalue weighted by Crippen LogP contribution is 2.31. The van der Waals surface area contributed by atoms with Gasteiger partial charge in [-0.3, -0.25) is 15.1 Å².